The highest BCUT2D eigenvalue weighted by molar-refractivity contribution is 6.76. The van der Waals surface area contributed by atoms with E-state index in [4.69, 9.17) is 14.2 Å². The van der Waals surface area contributed by atoms with Crippen LogP contribution in [-0.4, -0.2) is 49.5 Å². The monoisotopic (exact) mass is 582 g/mol. The molecule has 2 aromatic rings. The molecular formula is C30H38N2O8Si. The van der Waals surface area contributed by atoms with Gasteiger partial charge in [-0.05, 0) is 61.7 Å². The molecule has 0 aromatic heterocycles. The van der Waals surface area contributed by atoms with Gasteiger partial charge in [0.15, 0.2) is 0 Å². The first-order chi connectivity index (χ1) is 19.1. The molecule has 41 heavy (non-hydrogen) atoms. The predicted molar refractivity (Wildman–Crippen MR) is 158 cm³/mol. The van der Waals surface area contributed by atoms with Crippen LogP contribution in [0.15, 0.2) is 66.0 Å². The molecule has 0 fully saturated rings. The maximum absolute atomic E-state index is 12.9. The summed E-state index contributed by atoms with van der Waals surface area (Å²) in [5.74, 6) is -2.11. The molecule has 0 aliphatic rings. The Hall–Kier alpha value is -4.38. The summed E-state index contributed by atoms with van der Waals surface area (Å²) in [4.78, 5) is 49.3. The summed E-state index contributed by atoms with van der Waals surface area (Å²) in [7, 11) is -1.47. The van der Waals surface area contributed by atoms with Crippen molar-refractivity contribution in [2.24, 2.45) is 0 Å². The summed E-state index contributed by atoms with van der Waals surface area (Å²) < 4.78 is 15.8. The summed E-state index contributed by atoms with van der Waals surface area (Å²) in [5.41, 5.74) is 0.271. The maximum Gasteiger partial charge on any atom is 0.412 e. The van der Waals surface area contributed by atoms with Crippen LogP contribution in [0.1, 0.15) is 37.5 Å². The molecule has 0 spiro atoms. The molecule has 0 saturated carbocycles. The SMILES string of the molecule is CC(C)(C)OC(=O)N/C(=C\c1cccc(/C=C(\NC(=O)OCc2ccccc2)C(=O)O)c1)C(=O)OCC[Si](C)(C)C. The van der Waals surface area contributed by atoms with Crippen molar-refractivity contribution in [3.8, 4) is 0 Å². The van der Waals surface area contributed by atoms with Gasteiger partial charge in [0.1, 0.15) is 23.6 Å². The minimum absolute atomic E-state index is 0.0265. The Bertz CT molecular complexity index is 1290. The predicted octanol–water partition coefficient (Wildman–Crippen LogP) is 5.79. The second-order valence-electron chi connectivity index (χ2n) is 11.4. The van der Waals surface area contributed by atoms with Gasteiger partial charge < -0.3 is 19.3 Å². The molecule has 0 aliphatic heterocycles. The summed E-state index contributed by atoms with van der Waals surface area (Å²) in [6, 6.07) is 16.2. The fraction of sp³-hybridized carbons (Fsp3) is 0.333. The van der Waals surface area contributed by atoms with Crippen LogP contribution in [0.4, 0.5) is 9.59 Å². The van der Waals surface area contributed by atoms with E-state index in [9.17, 15) is 24.3 Å². The Morgan fingerprint density at radius 3 is 1.98 bits per heavy atom. The van der Waals surface area contributed by atoms with Crippen molar-refractivity contribution in [2.45, 2.75) is 58.7 Å². The lowest BCUT2D eigenvalue weighted by Crippen LogP contribution is -2.35. The van der Waals surface area contributed by atoms with E-state index in [0.717, 1.165) is 11.6 Å². The molecule has 11 heteroatoms. The van der Waals surface area contributed by atoms with Gasteiger partial charge in [-0.25, -0.2) is 19.2 Å². The number of carbonyl (C=O) groups is 4. The molecule has 0 aliphatic carbocycles. The molecular weight excluding hydrogens is 544 g/mol. The van der Waals surface area contributed by atoms with Crippen LogP contribution in [0, 0.1) is 0 Å². The number of carboxylic acid groups (broad SMARTS) is 1. The number of carboxylic acids is 1. The minimum atomic E-state index is -1.47. The van der Waals surface area contributed by atoms with Crippen molar-refractivity contribution in [2.75, 3.05) is 6.61 Å². The number of ether oxygens (including phenoxy) is 3. The minimum Gasteiger partial charge on any atom is -0.477 e. The normalized spacial score (nSPS) is 12.2. The molecule has 2 aromatic carbocycles. The largest absolute Gasteiger partial charge is 0.477 e. The van der Waals surface area contributed by atoms with E-state index in [-0.39, 0.29) is 18.9 Å². The first kappa shape index (κ1) is 32.8. The van der Waals surface area contributed by atoms with E-state index in [2.05, 4.69) is 30.3 Å². The van der Waals surface area contributed by atoms with Crippen LogP contribution >= 0.6 is 0 Å². The highest BCUT2D eigenvalue weighted by Gasteiger charge is 2.22. The summed E-state index contributed by atoms with van der Waals surface area (Å²) in [6.45, 7) is 11.7. The van der Waals surface area contributed by atoms with E-state index in [1.807, 2.05) is 6.07 Å². The number of amides is 2. The Labute approximate surface area is 241 Å². The molecule has 3 N–H and O–H groups in total. The van der Waals surface area contributed by atoms with Gasteiger partial charge in [-0.15, -0.1) is 0 Å². The first-order valence-corrected chi connectivity index (χ1v) is 16.7. The summed E-state index contributed by atoms with van der Waals surface area (Å²) in [5, 5.41) is 14.3. The smallest absolute Gasteiger partial charge is 0.412 e. The second-order valence-corrected chi connectivity index (χ2v) is 17.0. The number of aliphatic carboxylic acids is 1. The average Bonchev–Trinajstić information content (AvgIpc) is 2.85. The molecule has 0 unspecified atom stereocenters. The summed E-state index contributed by atoms with van der Waals surface area (Å²) in [6.07, 6.45) is 0.897. The van der Waals surface area contributed by atoms with Gasteiger partial charge in [0, 0.05) is 8.07 Å². The Morgan fingerprint density at radius 1 is 0.829 bits per heavy atom. The standard InChI is InChI=1S/C30H38N2O8Si/c1-30(2,3)40-29(37)32-25(27(35)38-15-16-41(4,5)6)19-23-14-10-13-22(17-23)18-24(26(33)34)31-28(36)39-20-21-11-8-7-9-12-21/h7-14,17-19H,15-16,20H2,1-6H3,(H,31,36)(H,32,37)(H,33,34)/b24-18-,25-19-. The van der Waals surface area contributed by atoms with E-state index < -0.39 is 43.5 Å². The van der Waals surface area contributed by atoms with Crippen molar-refractivity contribution in [1.82, 2.24) is 10.6 Å². The van der Waals surface area contributed by atoms with Crippen molar-refractivity contribution < 1.29 is 38.5 Å². The fourth-order valence-corrected chi connectivity index (χ4v) is 3.89. The third-order valence-corrected chi connectivity index (χ3v) is 6.86. The molecule has 0 atom stereocenters. The molecule has 220 valence electrons. The third-order valence-electron chi connectivity index (χ3n) is 5.15. The quantitative estimate of drug-likeness (QED) is 0.131. The molecule has 0 bridgehead atoms. The van der Waals surface area contributed by atoms with Gasteiger partial charge in [0.05, 0.1) is 6.61 Å². The number of alkyl carbamates (subject to hydrolysis) is 2. The average molecular weight is 583 g/mol. The molecule has 0 saturated heterocycles. The lowest BCUT2D eigenvalue weighted by atomic mass is 10.1. The fourth-order valence-electron chi connectivity index (χ4n) is 3.18. The number of esters is 1. The lowest BCUT2D eigenvalue weighted by Gasteiger charge is -2.20. The van der Waals surface area contributed by atoms with Crippen molar-refractivity contribution in [1.29, 1.82) is 0 Å². The number of nitrogens with one attached hydrogen (secondary N) is 2. The van der Waals surface area contributed by atoms with Crippen molar-refractivity contribution in [3.63, 3.8) is 0 Å². The van der Waals surface area contributed by atoms with Crippen molar-refractivity contribution >= 4 is 44.4 Å². The number of benzene rings is 2. The Balaban J connectivity index is 2.25. The zero-order valence-electron chi connectivity index (χ0n) is 24.3. The lowest BCUT2D eigenvalue weighted by molar-refractivity contribution is -0.139. The Morgan fingerprint density at radius 2 is 1.41 bits per heavy atom. The van der Waals surface area contributed by atoms with Crippen LogP contribution in [0.25, 0.3) is 12.2 Å². The van der Waals surface area contributed by atoms with Crippen molar-refractivity contribution in [3.05, 3.63) is 82.7 Å². The molecule has 0 heterocycles. The molecule has 0 radical (unpaired) electrons. The number of carbonyl (C=O) groups excluding carboxylic acids is 3. The summed E-state index contributed by atoms with van der Waals surface area (Å²) >= 11 is 0. The van der Waals surface area contributed by atoms with Crippen LogP contribution in [0.3, 0.4) is 0 Å². The van der Waals surface area contributed by atoms with Crippen LogP contribution < -0.4 is 10.6 Å². The van der Waals surface area contributed by atoms with Gasteiger partial charge in [-0.2, -0.15) is 0 Å². The first-order valence-electron chi connectivity index (χ1n) is 13.0. The maximum atomic E-state index is 12.9. The number of rotatable bonds is 11. The van der Waals surface area contributed by atoms with Crippen LogP contribution in [0.5, 0.6) is 0 Å². The zero-order chi connectivity index (χ0) is 30.6. The van der Waals surface area contributed by atoms with E-state index in [1.165, 1.54) is 12.2 Å². The van der Waals surface area contributed by atoms with Gasteiger partial charge >= 0.3 is 24.1 Å². The van der Waals surface area contributed by atoms with Gasteiger partial charge in [0.25, 0.3) is 0 Å². The number of hydrogen-bond donors (Lipinski definition) is 3. The number of hydrogen-bond acceptors (Lipinski definition) is 7. The molecule has 2 rings (SSSR count). The Kier molecular flexibility index (Phi) is 11.9. The highest BCUT2D eigenvalue weighted by Crippen LogP contribution is 2.15. The topological polar surface area (TPSA) is 140 Å². The third kappa shape index (κ3) is 13.5. The van der Waals surface area contributed by atoms with Gasteiger partial charge in [-0.1, -0.05) is 68.2 Å². The zero-order valence-corrected chi connectivity index (χ0v) is 25.3. The van der Waals surface area contributed by atoms with E-state index >= 15 is 0 Å². The molecule has 2 amide bonds. The van der Waals surface area contributed by atoms with Gasteiger partial charge in [-0.3, -0.25) is 10.6 Å². The molecule has 10 nitrogen and oxygen atoms in total. The van der Waals surface area contributed by atoms with E-state index in [0.29, 0.717) is 11.1 Å². The van der Waals surface area contributed by atoms with Crippen LogP contribution in [-0.2, 0) is 30.4 Å². The van der Waals surface area contributed by atoms with Crippen LogP contribution in [0.2, 0.25) is 25.7 Å². The van der Waals surface area contributed by atoms with Gasteiger partial charge in [0.2, 0.25) is 0 Å². The van der Waals surface area contributed by atoms with E-state index in [1.54, 1.807) is 69.3 Å². The highest BCUT2D eigenvalue weighted by atomic mass is 28.3. The second kappa shape index (κ2) is 14.8.